The van der Waals surface area contributed by atoms with E-state index in [0.29, 0.717) is 0 Å². The molecular weight excluding hydrogens is 580 g/mol. The van der Waals surface area contributed by atoms with Gasteiger partial charge in [0.05, 0.1) is 23.8 Å². The Morgan fingerprint density at radius 3 is 1.60 bits per heavy atom. The maximum absolute atomic E-state index is 13.4. The van der Waals surface area contributed by atoms with Crippen LogP contribution in [0.15, 0.2) is 78.9 Å². The molecule has 6 nitrogen and oxygen atoms in total. The first-order chi connectivity index (χ1) is 20.3. The van der Waals surface area contributed by atoms with E-state index >= 15 is 0 Å². The Balaban J connectivity index is 0.000000641. The first-order valence-electron chi connectivity index (χ1n) is 13.5. The zero-order chi connectivity index (χ0) is 31.4. The highest BCUT2D eigenvalue weighted by Gasteiger charge is 2.47. The van der Waals surface area contributed by atoms with Crippen LogP contribution in [0.1, 0.15) is 46.6 Å². The summed E-state index contributed by atoms with van der Waals surface area (Å²) in [6.45, 7) is 1.44. The van der Waals surface area contributed by atoms with Gasteiger partial charge in [0.1, 0.15) is 0 Å². The first-order valence-corrected chi connectivity index (χ1v) is 13.5. The molecule has 12 heteroatoms. The highest BCUT2D eigenvalue weighted by atomic mass is 19.4. The number of hydrogen-bond acceptors (Lipinski definition) is 4. The van der Waals surface area contributed by atoms with Crippen molar-refractivity contribution in [3.63, 3.8) is 0 Å². The van der Waals surface area contributed by atoms with Crippen LogP contribution in [0, 0.1) is 5.92 Å². The van der Waals surface area contributed by atoms with Gasteiger partial charge in [0.2, 0.25) is 0 Å². The lowest BCUT2D eigenvalue weighted by Gasteiger charge is -2.53. The third kappa shape index (κ3) is 7.94. The summed E-state index contributed by atoms with van der Waals surface area (Å²) in [6.07, 6.45) is -8.35. The van der Waals surface area contributed by atoms with Crippen LogP contribution in [-0.4, -0.2) is 52.3 Å². The van der Waals surface area contributed by atoms with Crippen LogP contribution in [0.25, 0.3) is 0 Å². The number of hydrogen-bond donors (Lipinski definition) is 2. The predicted octanol–water partition coefficient (Wildman–Crippen LogP) is 6.69. The molecule has 0 spiro atoms. The van der Waals surface area contributed by atoms with Crippen LogP contribution in [0.3, 0.4) is 0 Å². The van der Waals surface area contributed by atoms with Gasteiger partial charge in [0, 0.05) is 12.0 Å². The van der Waals surface area contributed by atoms with Gasteiger partial charge in [0.15, 0.2) is 0 Å². The average Bonchev–Trinajstić information content (AvgIpc) is 2.97. The number of benzene rings is 3. The molecule has 0 radical (unpaired) electrons. The number of fused-ring (bicyclic) bond motifs is 3. The van der Waals surface area contributed by atoms with Gasteiger partial charge in [-0.3, -0.25) is 4.90 Å². The summed E-state index contributed by atoms with van der Waals surface area (Å²) in [5, 5.41) is 14.8. The smallest absolute Gasteiger partial charge is 0.416 e. The highest BCUT2D eigenvalue weighted by Crippen LogP contribution is 2.44. The lowest BCUT2D eigenvalue weighted by atomic mass is 9.72. The third-order valence-corrected chi connectivity index (χ3v) is 7.73. The molecule has 2 bridgehead atoms. The van der Waals surface area contributed by atoms with Crippen LogP contribution in [0.2, 0.25) is 0 Å². The van der Waals surface area contributed by atoms with Crippen molar-refractivity contribution in [1.29, 1.82) is 0 Å². The third-order valence-electron chi connectivity index (χ3n) is 7.73. The summed E-state index contributed by atoms with van der Waals surface area (Å²) in [6, 6.07) is 21.6. The molecule has 3 fully saturated rings. The molecular formula is C31H29F6NO5. The second-order valence-electron chi connectivity index (χ2n) is 10.5. The van der Waals surface area contributed by atoms with E-state index in [1.54, 1.807) is 0 Å². The number of aliphatic carboxylic acids is 2. The number of rotatable bonds is 6. The van der Waals surface area contributed by atoms with Crippen molar-refractivity contribution >= 4 is 11.9 Å². The number of carbonyl (C=O) groups is 2. The lowest BCUT2D eigenvalue weighted by Crippen LogP contribution is -2.60. The molecule has 0 saturated carbocycles. The Labute approximate surface area is 243 Å². The molecule has 3 aliphatic heterocycles. The molecule has 230 valence electrons. The number of alkyl halides is 6. The average molecular weight is 610 g/mol. The summed E-state index contributed by atoms with van der Waals surface area (Å²) in [4.78, 5) is 20.6. The summed E-state index contributed by atoms with van der Waals surface area (Å²) >= 11 is 0. The van der Waals surface area contributed by atoms with E-state index in [2.05, 4.69) is 29.2 Å². The van der Waals surface area contributed by atoms with Gasteiger partial charge in [-0.2, -0.15) is 26.3 Å². The molecule has 3 heterocycles. The fourth-order valence-electron chi connectivity index (χ4n) is 5.87. The second kappa shape index (κ2) is 13.2. The van der Waals surface area contributed by atoms with Crippen molar-refractivity contribution in [2.75, 3.05) is 13.1 Å². The number of carboxylic acids is 2. The normalized spacial score (nSPS) is 21.7. The number of nitrogens with zero attached hydrogens (tertiary/aromatic N) is 1. The number of piperidine rings is 3. The van der Waals surface area contributed by atoms with Crippen LogP contribution in [0.5, 0.6) is 0 Å². The molecule has 6 rings (SSSR count). The summed E-state index contributed by atoms with van der Waals surface area (Å²) < 4.78 is 86.6. The second-order valence-corrected chi connectivity index (χ2v) is 10.5. The van der Waals surface area contributed by atoms with Gasteiger partial charge in [0.25, 0.3) is 0 Å². The minimum absolute atomic E-state index is 0.0530. The highest BCUT2D eigenvalue weighted by molar-refractivity contribution is 6.27. The standard InChI is InChI=1S/C29H27F6NO.C2H2O4/c30-28(31,32)23-15-19(16-24(17-23)29(33,34)35)18-37-27-22-11-13-36(14-12-22)26(27)25(20-7-3-1-4-8-20)21-9-5-2-6-10-21;3-1(4)2(5)6/h1-10,15-17,22,25-27H,11-14,18H2;(H,3,4)(H,5,6). The zero-order valence-corrected chi connectivity index (χ0v) is 22.7. The Morgan fingerprint density at radius 2 is 1.21 bits per heavy atom. The van der Waals surface area contributed by atoms with Crippen LogP contribution < -0.4 is 0 Å². The minimum Gasteiger partial charge on any atom is -0.473 e. The van der Waals surface area contributed by atoms with E-state index in [9.17, 15) is 26.3 Å². The molecule has 2 atom stereocenters. The minimum atomic E-state index is -4.89. The molecule has 0 aliphatic carbocycles. The van der Waals surface area contributed by atoms with Gasteiger partial charge < -0.3 is 14.9 Å². The molecule has 2 unspecified atom stereocenters. The van der Waals surface area contributed by atoms with Gasteiger partial charge in [-0.25, -0.2) is 9.59 Å². The Morgan fingerprint density at radius 1 is 0.767 bits per heavy atom. The van der Waals surface area contributed by atoms with Crippen molar-refractivity contribution in [3.8, 4) is 0 Å². The molecule has 3 aliphatic rings. The summed E-state index contributed by atoms with van der Waals surface area (Å²) in [5.41, 5.74) is -0.583. The molecule has 43 heavy (non-hydrogen) atoms. The lowest BCUT2D eigenvalue weighted by molar-refractivity contribution is -0.159. The van der Waals surface area contributed by atoms with Crippen LogP contribution >= 0.6 is 0 Å². The van der Waals surface area contributed by atoms with E-state index < -0.39 is 35.4 Å². The molecule has 2 N–H and O–H groups in total. The van der Waals surface area contributed by atoms with E-state index in [0.717, 1.165) is 49.2 Å². The fourth-order valence-corrected chi connectivity index (χ4v) is 5.87. The molecule has 0 amide bonds. The van der Waals surface area contributed by atoms with E-state index in [4.69, 9.17) is 24.5 Å². The molecule has 3 aromatic rings. The maximum atomic E-state index is 13.4. The van der Waals surface area contributed by atoms with Gasteiger partial charge in [-0.1, -0.05) is 60.7 Å². The van der Waals surface area contributed by atoms with Crippen molar-refractivity contribution in [1.82, 2.24) is 4.90 Å². The van der Waals surface area contributed by atoms with Gasteiger partial charge >= 0.3 is 24.3 Å². The molecule has 0 aromatic heterocycles. The van der Waals surface area contributed by atoms with Crippen molar-refractivity contribution in [2.45, 2.75) is 49.9 Å². The largest absolute Gasteiger partial charge is 0.473 e. The van der Waals surface area contributed by atoms with Gasteiger partial charge in [-0.15, -0.1) is 0 Å². The number of halogens is 6. The van der Waals surface area contributed by atoms with Crippen LogP contribution in [0.4, 0.5) is 26.3 Å². The Hall–Kier alpha value is -3.90. The van der Waals surface area contributed by atoms with E-state index in [1.807, 2.05) is 36.4 Å². The monoisotopic (exact) mass is 609 g/mol. The summed E-state index contributed by atoms with van der Waals surface area (Å²) in [5.74, 6) is -3.52. The van der Waals surface area contributed by atoms with Crippen molar-refractivity contribution < 1.29 is 50.9 Å². The zero-order valence-electron chi connectivity index (χ0n) is 22.7. The van der Waals surface area contributed by atoms with Crippen molar-refractivity contribution in [3.05, 3.63) is 107 Å². The predicted molar refractivity (Wildman–Crippen MR) is 143 cm³/mol. The Bertz CT molecular complexity index is 1310. The first kappa shape index (κ1) is 32.0. The van der Waals surface area contributed by atoms with Crippen LogP contribution in [-0.2, 0) is 33.3 Å². The van der Waals surface area contributed by atoms with E-state index in [-0.39, 0.29) is 42.2 Å². The number of carboxylic acid groups (broad SMARTS) is 2. The maximum Gasteiger partial charge on any atom is 0.416 e. The van der Waals surface area contributed by atoms with E-state index in [1.165, 1.54) is 0 Å². The van der Waals surface area contributed by atoms with Gasteiger partial charge in [-0.05, 0) is 66.7 Å². The summed E-state index contributed by atoms with van der Waals surface area (Å²) in [7, 11) is 0. The number of ether oxygens (including phenoxy) is 1. The Kier molecular flexibility index (Phi) is 9.81. The van der Waals surface area contributed by atoms with Crippen molar-refractivity contribution in [2.24, 2.45) is 5.92 Å². The molecule has 3 saturated heterocycles. The molecule has 3 aromatic carbocycles. The topological polar surface area (TPSA) is 87.1 Å². The quantitative estimate of drug-likeness (QED) is 0.239. The fraction of sp³-hybridized carbons (Fsp3) is 0.355. The SMILES string of the molecule is FC(F)(F)c1cc(COC2C3CCN(CC3)C2C(c2ccccc2)c2ccccc2)cc(C(F)(F)F)c1.O=C(O)C(=O)O.